The number of nitrogens with one attached hydrogen (secondary N) is 1. The third-order valence-corrected chi connectivity index (χ3v) is 2.90. The highest BCUT2D eigenvalue weighted by Crippen LogP contribution is 2.25. The van der Waals surface area contributed by atoms with Gasteiger partial charge in [0.05, 0.1) is 18.4 Å². The van der Waals surface area contributed by atoms with Crippen molar-refractivity contribution in [2.45, 2.75) is 18.9 Å². The quantitative estimate of drug-likeness (QED) is 0.635. The number of carbonyl (C=O) groups is 2. The number of rotatable bonds is 3. The highest BCUT2D eigenvalue weighted by atomic mass is 16.5. The minimum absolute atomic E-state index is 0.186. The van der Waals surface area contributed by atoms with Gasteiger partial charge in [-0.15, -0.1) is 0 Å². The van der Waals surface area contributed by atoms with Gasteiger partial charge in [-0.05, 0) is 31.0 Å². The number of ether oxygens (including phenoxy) is 2. The molecule has 1 aliphatic heterocycles. The van der Waals surface area contributed by atoms with Crippen molar-refractivity contribution in [3.05, 3.63) is 23.8 Å². The van der Waals surface area contributed by atoms with E-state index in [-0.39, 0.29) is 22.9 Å². The van der Waals surface area contributed by atoms with Crippen LogP contribution in [-0.2, 0) is 14.3 Å². The molecule has 1 unspecified atom stereocenters. The number of aromatic hydroxyl groups is 1. The second kappa shape index (κ2) is 5.71. The van der Waals surface area contributed by atoms with Gasteiger partial charge in [-0.2, -0.15) is 0 Å². The number of amides is 1. The Hall–Kier alpha value is -2.08. The predicted octanol–water partition coefficient (Wildman–Crippen LogP) is 1.30. The first-order valence-electron chi connectivity index (χ1n) is 5.95. The van der Waals surface area contributed by atoms with Crippen LogP contribution < -0.4 is 5.32 Å². The van der Waals surface area contributed by atoms with Crippen LogP contribution in [0.4, 0.5) is 5.69 Å². The van der Waals surface area contributed by atoms with Crippen LogP contribution in [-0.4, -0.2) is 36.8 Å². The fourth-order valence-corrected chi connectivity index (χ4v) is 1.88. The van der Waals surface area contributed by atoms with E-state index >= 15 is 0 Å². The summed E-state index contributed by atoms with van der Waals surface area (Å²) in [7, 11) is 1.26. The first-order valence-corrected chi connectivity index (χ1v) is 5.95. The zero-order valence-corrected chi connectivity index (χ0v) is 10.5. The summed E-state index contributed by atoms with van der Waals surface area (Å²) >= 11 is 0. The summed E-state index contributed by atoms with van der Waals surface area (Å²) in [4.78, 5) is 23.1. The van der Waals surface area contributed by atoms with E-state index in [4.69, 9.17) is 4.74 Å². The normalized spacial score (nSPS) is 18.1. The zero-order chi connectivity index (χ0) is 13.8. The second-order valence-corrected chi connectivity index (χ2v) is 4.21. The minimum atomic E-state index is -0.549. The molecule has 1 heterocycles. The Morgan fingerprint density at radius 2 is 2.26 bits per heavy atom. The van der Waals surface area contributed by atoms with Gasteiger partial charge in [0.1, 0.15) is 11.9 Å². The standard InChI is InChI=1S/C13H15NO5/c1-18-13(17)8-4-5-9(10(15)7-8)14-12(16)11-3-2-6-19-11/h4-5,7,11,15H,2-3,6H2,1H3,(H,14,16). The van der Waals surface area contributed by atoms with E-state index in [9.17, 15) is 14.7 Å². The third kappa shape index (κ3) is 3.03. The molecule has 1 aliphatic rings. The fraction of sp³-hybridized carbons (Fsp3) is 0.385. The number of hydrogen-bond donors (Lipinski definition) is 2. The molecule has 19 heavy (non-hydrogen) atoms. The smallest absolute Gasteiger partial charge is 0.337 e. The van der Waals surface area contributed by atoms with Crippen molar-refractivity contribution in [2.75, 3.05) is 19.0 Å². The molecule has 1 aromatic carbocycles. The van der Waals surface area contributed by atoms with E-state index < -0.39 is 12.1 Å². The van der Waals surface area contributed by atoms with E-state index in [2.05, 4.69) is 10.1 Å². The van der Waals surface area contributed by atoms with Gasteiger partial charge in [0.2, 0.25) is 0 Å². The lowest BCUT2D eigenvalue weighted by Crippen LogP contribution is -2.26. The molecule has 1 amide bonds. The number of phenols is 1. The summed E-state index contributed by atoms with van der Waals surface area (Å²) in [6.45, 7) is 0.575. The Kier molecular flexibility index (Phi) is 4.01. The fourth-order valence-electron chi connectivity index (χ4n) is 1.88. The summed E-state index contributed by atoms with van der Waals surface area (Å²) in [6.07, 6.45) is 1.05. The van der Waals surface area contributed by atoms with Crippen molar-refractivity contribution in [2.24, 2.45) is 0 Å². The van der Waals surface area contributed by atoms with E-state index in [1.807, 2.05) is 0 Å². The molecule has 0 saturated carbocycles. The molecule has 0 radical (unpaired) electrons. The summed E-state index contributed by atoms with van der Waals surface area (Å²) in [6, 6.07) is 4.17. The second-order valence-electron chi connectivity index (χ2n) is 4.21. The van der Waals surface area contributed by atoms with Crippen molar-refractivity contribution in [1.29, 1.82) is 0 Å². The largest absolute Gasteiger partial charge is 0.506 e. The maximum atomic E-state index is 11.8. The number of hydrogen-bond acceptors (Lipinski definition) is 5. The Morgan fingerprint density at radius 1 is 1.47 bits per heavy atom. The molecule has 1 atom stereocenters. The monoisotopic (exact) mass is 265 g/mol. The topological polar surface area (TPSA) is 84.9 Å². The lowest BCUT2D eigenvalue weighted by atomic mass is 10.1. The zero-order valence-electron chi connectivity index (χ0n) is 10.5. The highest BCUT2D eigenvalue weighted by molar-refractivity contribution is 5.97. The molecule has 0 aromatic heterocycles. The predicted molar refractivity (Wildman–Crippen MR) is 67.1 cm³/mol. The number of carbonyl (C=O) groups excluding carboxylic acids is 2. The molecule has 6 heteroatoms. The molecule has 102 valence electrons. The molecule has 1 saturated heterocycles. The number of phenolic OH excluding ortho intramolecular Hbond substituents is 1. The van der Waals surface area contributed by atoms with Crippen molar-refractivity contribution in [3.8, 4) is 5.75 Å². The molecule has 2 N–H and O–H groups in total. The molecule has 0 aliphatic carbocycles. The minimum Gasteiger partial charge on any atom is -0.506 e. The summed E-state index contributed by atoms with van der Waals surface area (Å²) in [5.41, 5.74) is 0.461. The Morgan fingerprint density at radius 3 is 2.84 bits per heavy atom. The highest BCUT2D eigenvalue weighted by Gasteiger charge is 2.24. The first-order chi connectivity index (χ1) is 9.11. The molecule has 1 fully saturated rings. The van der Waals surface area contributed by atoms with Crippen LogP contribution in [0.15, 0.2) is 18.2 Å². The summed E-state index contributed by atoms with van der Waals surface area (Å²) in [5, 5.41) is 12.3. The van der Waals surface area contributed by atoms with Crippen LogP contribution in [0, 0.1) is 0 Å². The van der Waals surface area contributed by atoms with Crippen molar-refractivity contribution in [3.63, 3.8) is 0 Å². The van der Waals surface area contributed by atoms with Gasteiger partial charge >= 0.3 is 5.97 Å². The lowest BCUT2D eigenvalue weighted by Gasteiger charge is -2.12. The molecule has 0 bridgehead atoms. The van der Waals surface area contributed by atoms with Crippen LogP contribution in [0.1, 0.15) is 23.2 Å². The Labute approximate surface area is 110 Å². The maximum Gasteiger partial charge on any atom is 0.337 e. The first kappa shape index (κ1) is 13.4. The SMILES string of the molecule is COC(=O)c1ccc(NC(=O)C2CCCO2)c(O)c1. The van der Waals surface area contributed by atoms with E-state index in [0.717, 1.165) is 6.42 Å². The van der Waals surface area contributed by atoms with Crippen LogP contribution in [0.3, 0.4) is 0 Å². The summed E-state index contributed by atoms with van der Waals surface area (Å²) < 4.78 is 9.77. The van der Waals surface area contributed by atoms with E-state index in [1.54, 1.807) is 0 Å². The van der Waals surface area contributed by atoms with Crippen molar-refractivity contribution in [1.82, 2.24) is 0 Å². The number of benzene rings is 1. The lowest BCUT2D eigenvalue weighted by molar-refractivity contribution is -0.124. The van der Waals surface area contributed by atoms with Crippen molar-refractivity contribution < 1.29 is 24.2 Å². The van der Waals surface area contributed by atoms with Crippen LogP contribution in [0.5, 0.6) is 5.75 Å². The van der Waals surface area contributed by atoms with Gasteiger partial charge in [0.25, 0.3) is 5.91 Å². The Bertz CT molecular complexity index is 494. The van der Waals surface area contributed by atoms with Crippen LogP contribution >= 0.6 is 0 Å². The molecule has 6 nitrogen and oxygen atoms in total. The summed E-state index contributed by atoms with van der Waals surface area (Å²) in [5.74, 6) is -1.03. The van der Waals surface area contributed by atoms with Gasteiger partial charge < -0.3 is 19.9 Å². The van der Waals surface area contributed by atoms with Gasteiger partial charge in [0.15, 0.2) is 0 Å². The average Bonchev–Trinajstić information content (AvgIpc) is 2.94. The molecular formula is C13H15NO5. The third-order valence-electron chi connectivity index (χ3n) is 2.90. The van der Waals surface area contributed by atoms with E-state index in [0.29, 0.717) is 13.0 Å². The Balaban J connectivity index is 2.08. The van der Waals surface area contributed by atoms with E-state index in [1.165, 1.54) is 25.3 Å². The van der Waals surface area contributed by atoms with Gasteiger partial charge in [-0.1, -0.05) is 0 Å². The molecule has 2 rings (SSSR count). The van der Waals surface area contributed by atoms with Gasteiger partial charge in [-0.25, -0.2) is 4.79 Å². The number of anilines is 1. The van der Waals surface area contributed by atoms with Gasteiger partial charge in [0, 0.05) is 6.61 Å². The molecule has 1 aromatic rings. The van der Waals surface area contributed by atoms with Gasteiger partial charge in [-0.3, -0.25) is 4.79 Å². The molecule has 0 spiro atoms. The average molecular weight is 265 g/mol. The number of methoxy groups -OCH3 is 1. The van der Waals surface area contributed by atoms with Crippen LogP contribution in [0.25, 0.3) is 0 Å². The molecular weight excluding hydrogens is 250 g/mol. The van der Waals surface area contributed by atoms with Crippen molar-refractivity contribution >= 4 is 17.6 Å². The van der Waals surface area contributed by atoms with Crippen LogP contribution in [0.2, 0.25) is 0 Å². The number of esters is 1. The maximum absolute atomic E-state index is 11.8.